The summed E-state index contributed by atoms with van der Waals surface area (Å²) < 4.78 is 25.2. The summed E-state index contributed by atoms with van der Waals surface area (Å²) in [4.78, 5) is 11.0. The van der Waals surface area contributed by atoms with Crippen LogP contribution in [0.3, 0.4) is 0 Å². The number of carbonyl (C=O) groups is 1. The van der Waals surface area contributed by atoms with Gasteiger partial charge >= 0.3 is 0 Å². The molecule has 0 radical (unpaired) electrons. The van der Waals surface area contributed by atoms with Gasteiger partial charge in [0.15, 0.2) is 9.84 Å². The van der Waals surface area contributed by atoms with Crippen LogP contribution in [-0.2, 0) is 9.84 Å². The molecule has 1 aromatic heterocycles. The predicted molar refractivity (Wildman–Crippen MR) is 67.9 cm³/mol. The lowest BCUT2D eigenvalue weighted by molar-refractivity contribution is -0.255. The second-order valence-electron chi connectivity index (χ2n) is 4.28. The number of hydrogen-bond donors (Lipinski definition) is 0. The fraction of sp³-hybridized carbons (Fsp3) is 0.154. The van der Waals surface area contributed by atoms with E-state index in [-0.39, 0.29) is 10.5 Å². The fourth-order valence-corrected chi connectivity index (χ4v) is 2.76. The zero-order chi connectivity index (χ0) is 14.2. The average molecular weight is 278 g/mol. The van der Waals surface area contributed by atoms with Crippen molar-refractivity contribution in [2.45, 2.75) is 11.8 Å². The highest BCUT2D eigenvalue weighted by Gasteiger charge is 2.17. The Balaban J connectivity index is 2.81. The zero-order valence-corrected chi connectivity index (χ0v) is 11.3. The predicted octanol–water partition coefficient (Wildman–Crippen LogP) is 0.553. The number of carboxylic acids is 1. The number of carboxylic acid groups (broad SMARTS) is 1. The average Bonchev–Trinajstić information content (AvgIpc) is 2.79. The number of aryl methyl sites for hydroxylation is 1. The molecule has 0 N–H and O–H groups in total. The van der Waals surface area contributed by atoms with Crippen molar-refractivity contribution in [2.24, 2.45) is 0 Å². The van der Waals surface area contributed by atoms with Crippen molar-refractivity contribution in [3.63, 3.8) is 0 Å². The van der Waals surface area contributed by atoms with Crippen LogP contribution in [0.15, 0.2) is 41.6 Å². The van der Waals surface area contributed by atoms with E-state index in [2.05, 4.69) is 0 Å². The van der Waals surface area contributed by atoms with Gasteiger partial charge in [-0.3, -0.25) is 0 Å². The molecule has 0 fully saturated rings. The van der Waals surface area contributed by atoms with E-state index in [1.807, 2.05) is 0 Å². The van der Waals surface area contributed by atoms with Crippen LogP contribution < -0.4 is 5.11 Å². The number of benzene rings is 1. The maximum atomic E-state index is 11.8. The maximum absolute atomic E-state index is 11.8. The summed E-state index contributed by atoms with van der Waals surface area (Å²) in [7, 11) is -3.54. The lowest BCUT2D eigenvalue weighted by Gasteiger charge is -2.14. The molecule has 19 heavy (non-hydrogen) atoms. The second kappa shape index (κ2) is 4.55. The molecule has 1 heterocycles. The molecule has 5 nitrogen and oxygen atoms in total. The minimum Gasteiger partial charge on any atom is -0.545 e. The second-order valence-corrected chi connectivity index (χ2v) is 6.27. The Morgan fingerprint density at radius 2 is 1.79 bits per heavy atom. The largest absolute Gasteiger partial charge is 0.545 e. The monoisotopic (exact) mass is 278 g/mol. The van der Waals surface area contributed by atoms with Gasteiger partial charge in [0.2, 0.25) is 0 Å². The summed E-state index contributed by atoms with van der Waals surface area (Å²) >= 11 is 0. The molecule has 0 aliphatic carbocycles. The number of hydrogen-bond acceptors (Lipinski definition) is 4. The molecule has 6 heteroatoms. The highest BCUT2D eigenvalue weighted by atomic mass is 32.2. The zero-order valence-electron chi connectivity index (χ0n) is 10.5. The highest BCUT2D eigenvalue weighted by Crippen LogP contribution is 2.24. The van der Waals surface area contributed by atoms with Gasteiger partial charge in [-0.1, -0.05) is 0 Å². The van der Waals surface area contributed by atoms with Gasteiger partial charge in [-0.2, -0.15) is 0 Å². The van der Waals surface area contributed by atoms with Crippen molar-refractivity contribution < 1.29 is 18.3 Å². The standard InChI is InChI=1S/C13H13NO4S/c1-9-7-11(14-5-3-4-6-14)12(19(2,17)18)8-10(9)13(15)16/h3-8H,1-2H3,(H,15,16)/p-1. The molecule has 0 aliphatic rings. The van der Waals surface area contributed by atoms with Crippen molar-refractivity contribution in [1.29, 1.82) is 0 Å². The first-order chi connectivity index (χ1) is 8.80. The number of carbonyl (C=O) groups excluding carboxylic acids is 1. The van der Waals surface area contributed by atoms with Gasteiger partial charge in [0.25, 0.3) is 0 Å². The number of sulfone groups is 1. The van der Waals surface area contributed by atoms with Gasteiger partial charge in [0.05, 0.1) is 16.6 Å². The van der Waals surface area contributed by atoms with E-state index in [9.17, 15) is 18.3 Å². The Bertz CT molecular complexity index is 730. The molecule has 1 aromatic carbocycles. The van der Waals surface area contributed by atoms with Crippen molar-refractivity contribution in [1.82, 2.24) is 4.57 Å². The van der Waals surface area contributed by atoms with Crippen LogP contribution in [0.5, 0.6) is 0 Å². The van der Waals surface area contributed by atoms with Crippen LogP contribution in [0.4, 0.5) is 0 Å². The first kappa shape index (κ1) is 13.4. The molecule has 0 bridgehead atoms. The SMILES string of the molecule is Cc1cc(-n2cccc2)c(S(C)(=O)=O)cc1C(=O)[O-]. The first-order valence-corrected chi connectivity index (χ1v) is 7.39. The Kier molecular flexibility index (Phi) is 3.20. The first-order valence-electron chi connectivity index (χ1n) is 5.50. The molecule has 2 rings (SSSR count). The van der Waals surface area contributed by atoms with Gasteiger partial charge in [-0.05, 0) is 36.8 Å². The van der Waals surface area contributed by atoms with E-state index >= 15 is 0 Å². The summed E-state index contributed by atoms with van der Waals surface area (Å²) in [6, 6.07) is 6.19. The number of aromatic nitrogens is 1. The fourth-order valence-electron chi connectivity index (χ4n) is 1.89. The third kappa shape index (κ3) is 2.53. The van der Waals surface area contributed by atoms with Gasteiger partial charge in [-0.25, -0.2) is 8.42 Å². The number of nitrogens with zero attached hydrogens (tertiary/aromatic N) is 1. The summed E-state index contributed by atoms with van der Waals surface area (Å²) in [5.41, 5.74) is 0.766. The molecule has 0 unspecified atom stereocenters. The van der Waals surface area contributed by atoms with Gasteiger partial charge in [0, 0.05) is 24.2 Å². The molecule has 0 spiro atoms. The van der Waals surface area contributed by atoms with Gasteiger partial charge < -0.3 is 14.5 Å². The van der Waals surface area contributed by atoms with E-state index in [4.69, 9.17) is 0 Å². The van der Waals surface area contributed by atoms with Crippen LogP contribution >= 0.6 is 0 Å². The summed E-state index contributed by atoms with van der Waals surface area (Å²) in [5.74, 6) is -1.39. The van der Waals surface area contributed by atoms with Crippen LogP contribution in [0.1, 0.15) is 15.9 Å². The summed E-state index contributed by atoms with van der Waals surface area (Å²) in [5, 5.41) is 11.0. The van der Waals surface area contributed by atoms with Crippen LogP contribution in [0, 0.1) is 6.92 Å². The van der Waals surface area contributed by atoms with Crippen molar-refractivity contribution in [3.05, 3.63) is 47.8 Å². The molecule has 100 valence electrons. The normalized spacial score (nSPS) is 11.5. The topological polar surface area (TPSA) is 79.2 Å². The van der Waals surface area contributed by atoms with E-state index in [1.54, 1.807) is 36.0 Å². The maximum Gasteiger partial charge on any atom is 0.177 e. The Hall–Kier alpha value is -2.08. The molecule has 0 saturated heterocycles. The summed E-state index contributed by atoms with van der Waals surface area (Å²) in [6.45, 7) is 1.60. The minimum absolute atomic E-state index is 0.0338. The van der Waals surface area contributed by atoms with Gasteiger partial charge in [0.1, 0.15) is 0 Å². The van der Waals surface area contributed by atoms with Crippen molar-refractivity contribution in [3.8, 4) is 5.69 Å². The number of rotatable bonds is 3. The van der Waals surface area contributed by atoms with Gasteiger partial charge in [-0.15, -0.1) is 0 Å². The molecule has 0 atom stereocenters. The Morgan fingerprint density at radius 1 is 1.21 bits per heavy atom. The quantitative estimate of drug-likeness (QED) is 0.821. The highest BCUT2D eigenvalue weighted by molar-refractivity contribution is 7.90. The molecule has 0 amide bonds. The van der Waals surface area contributed by atoms with Crippen molar-refractivity contribution >= 4 is 15.8 Å². The van der Waals surface area contributed by atoms with E-state index < -0.39 is 15.8 Å². The van der Waals surface area contributed by atoms with Crippen molar-refractivity contribution in [2.75, 3.05) is 6.26 Å². The third-order valence-electron chi connectivity index (χ3n) is 2.81. The lowest BCUT2D eigenvalue weighted by atomic mass is 10.1. The summed E-state index contributed by atoms with van der Waals surface area (Å²) in [6.07, 6.45) is 4.44. The van der Waals surface area contributed by atoms with Crippen LogP contribution in [0.25, 0.3) is 5.69 Å². The molecular weight excluding hydrogens is 266 g/mol. The molecule has 0 aliphatic heterocycles. The number of aromatic carboxylic acids is 1. The Labute approximate surface area is 111 Å². The van der Waals surface area contributed by atoms with Crippen LogP contribution in [-0.4, -0.2) is 25.2 Å². The Morgan fingerprint density at radius 3 is 2.26 bits per heavy atom. The molecular formula is C13H12NO4S-. The van der Waals surface area contributed by atoms with Crippen LogP contribution in [0.2, 0.25) is 0 Å². The third-order valence-corrected chi connectivity index (χ3v) is 3.93. The molecule has 2 aromatic rings. The lowest BCUT2D eigenvalue weighted by Crippen LogP contribution is -2.24. The van der Waals surface area contributed by atoms with E-state index in [0.29, 0.717) is 11.3 Å². The smallest absolute Gasteiger partial charge is 0.177 e. The minimum atomic E-state index is -3.54. The van der Waals surface area contributed by atoms with E-state index in [0.717, 1.165) is 12.3 Å². The van der Waals surface area contributed by atoms with E-state index in [1.165, 1.54) is 6.07 Å². The molecule has 0 saturated carbocycles.